The summed E-state index contributed by atoms with van der Waals surface area (Å²) >= 11 is 0. The highest BCUT2D eigenvalue weighted by molar-refractivity contribution is 5.42. The molecule has 0 atom stereocenters. The minimum atomic E-state index is -4.52. The van der Waals surface area contributed by atoms with Crippen molar-refractivity contribution >= 4 is 5.78 Å². The van der Waals surface area contributed by atoms with E-state index in [1.807, 2.05) is 18.2 Å². The van der Waals surface area contributed by atoms with Gasteiger partial charge in [-0.25, -0.2) is 4.98 Å². The van der Waals surface area contributed by atoms with E-state index in [1.165, 1.54) is 0 Å². The van der Waals surface area contributed by atoms with Crippen molar-refractivity contribution in [1.82, 2.24) is 24.5 Å². The summed E-state index contributed by atoms with van der Waals surface area (Å²) in [7, 11) is 3.19. The van der Waals surface area contributed by atoms with Crippen LogP contribution in [0.25, 0.3) is 5.78 Å². The summed E-state index contributed by atoms with van der Waals surface area (Å²) in [6.07, 6.45) is -1.98. The number of likely N-dealkylation sites (tertiary alicyclic amines) is 1. The molecule has 160 valence electrons. The number of nitrogens with zero attached hydrogens (tertiary/aromatic N) is 5. The number of rotatable bonds is 5. The molecule has 4 rings (SSSR count). The molecular formula is C20H22F3N5O2. The first kappa shape index (κ1) is 20.4. The van der Waals surface area contributed by atoms with E-state index in [9.17, 15) is 13.2 Å². The van der Waals surface area contributed by atoms with Crippen molar-refractivity contribution < 1.29 is 22.6 Å². The van der Waals surface area contributed by atoms with Gasteiger partial charge in [0.15, 0.2) is 17.2 Å². The van der Waals surface area contributed by atoms with Crippen LogP contribution in [0.15, 0.2) is 30.6 Å². The highest BCUT2D eigenvalue weighted by atomic mass is 19.4. The molecule has 0 aliphatic carbocycles. The smallest absolute Gasteiger partial charge is 0.433 e. The minimum absolute atomic E-state index is 0.0208. The van der Waals surface area contributed by atoms with E-state index in [-0.39, 0.29) is 11.7 Å². The average Bonchev–Trinajstić information content (AvgIpc) is 3.21. The van der Waals surface area contributed by atoms with Crippen LogP contribution in [0, 0.1) is 0 Å². The van der Waals surface area contributed by atoms with E-state index in [0.717, 1.165) is 54.9 Å². The van der Waals surface area contributed by atoms with Gasteiger partial charge in [0, 0.05) is 18.2 Å². The van der Waals surface area contributed by atoms with Crippen molar-refractivity contribution in [2.45, 2.75) is 31.5 Å². The van der Waals surface area contributed by atoms with Gasteiger partial charge in [-0.1, -0.05) is 6.07 Å². The lowest BCUT2D eigenvalue weighted by Crippen LogP contribution is -2.33. The van der Waals surface area contributed by atoms with E-state index in [4.69, 9.17) is 9.47 Å². The maximum atomic E-state index is 13.4. The average molecular weight is 421 g/mol. The molecule has 0 N–H and O–H groups in total. The number of halogens is 3. The number of aromatic nitrogens is 4. The Hall–Kier alpha value is -2.88. The lowest BCUT2D eigenvalue weighted by molar-refractivity contribution is -0.142. The Labute approximate surface area is 171 Å². The monoisotopic (exact) mass is 421 g/mol. The molecule has 10 heteroatoms. The zero-order valence-corrected chi connectivity index (χ0v) is 16.7. The zero-order chi connectivity index (χ0) is 21.3. The van der Waals surface area contributed by atoms with Crippen LogP contribution in [0.4, 0.5) is 13.2 Å². The molecule has 0 unspecified atom stereocenters. The van der Waals surface area contributed by atoms with Crippen molar-refractivity contribution in [3.8, 4) is 11.5 Å². The second-order valence-corrected chi connectivity index (χ2v) is 7.28. The van der Waals surface area contributed by atoms with Crippen LogP contribution in [0.2, 0.25) is 0 Å². The number of benzene rings is 1. The van der Waals surface area contributed by atoms with Gasteiger partial charge in [-0.2, -0.15) is 27.8 Å². The lowest BCUT2D eigenvalue weighted by Gasteiger charge is -2.32. The van der Waals surface area contributed by atoms with E-state index in [1.54, 1.807) is 14.2 Å². The van der Waals surface area contributed by atoms with E-state index in [0.29, 0.717) is 17.2 Å². The maximum absolute atomic E-state index is 13.4. The highest BCUT2D eigenvalue weighted by Gasteiger charge is 2.36. The van der Waals surface area contributed by atoms with Crippen molar-refractivity contribution in [2.24, 2.45) is 0 Å². The SMILES string of the molecule is COc1ccc(CN2CCC(c3cc(C(F)(F)F)n4ncnc4n3)CC2)cc1OC. The first-order valence-electron chi connectivity index (χ1n) is 9.60. The number of piperidine rings is 1. The fraction of sp³-hybridized carbons (Fsp3) is 0.450. The molecule has 0 spiro atoms. The third-order valence-electron chi connectivity index (χ3n) is 5.42. The van der Waals surface area contributed by atoms with Gasteiger partial charge in [-0.3, -0.25) is 4.90 Å². The van der Waals surface area contributed by atoms with Crippen LogP contribution < -0.4 is 9.47 Å². The molecule has 1 aliphatic heterocycles. The first-order valence-corrected chi connectivity index (χ1v) is 9.60. The van der Waals surface area contributed by atoms with Crippen molar-refractivity contribution in [3.63, 3.8) is 0 Å². The number of methoxy groups -OCH3 is 2. The Morgan fingerprint density at radius 3 is 2.47 bits per heavy atom. The molecule has 30 heavy (non-hydrogen) atoms. The van der Waals surface area contributed by atoms with Gasteiger partial charge in [0.05, 0.1) is 14.2 Å². The van der Waals surface area contributed by atoms with Crippen LogP contribution in [0.5, 0.6) is 11.5 Å². The number of hydrogen-bond acceptors (Lipinski definition) is 6. The summed E-state index contributed by atoms with van der Waals surface area (Å²) in [6, 6.07) is 6.92. The third kappa shape index (κ3) is 4.04. The second kappa shape index (κ2) is 8.10. The molecule has 0 amide bonds. The molecule has 3 aromatic rings. The Kier molecular flexibility index (Phi) is 5.50. The quantitative estimate of drug-likeness (QED) is 0.628. The van der Waals surface area contributed by atoms with E-state index in [2.05, 4.69) is 20.0 Å². The number of fused-ring (bicyclic) bond motifs is 1. The van der Waals surface area contributed by atoms with Gasteiger partial charge in [0.1, 0.15) is 6.33 Å². The van der Waals surface area contributed by atoms with Gasteiger partial charge in [0.25, 0.3) is 5.78 Å². The second-order valence-electron chi connectivity index (χ2n) is 7.28. The van der Waals surface area contributed by atoms with Crippen LogP contribution in [0.1, 0.15) is 35.7 Å². The zero-order valence-electron chi connectivity index (χ0n) is 16.7. The van der Waals surface area contributed by atoms with Gasteiger partial charge >= 0.3 is 6.18 Å². The summed E-state index contributed by atoms with van der Waals surface area (Å²) in [5.74, 6) is 1.28. The summed E-state index contributed by atoms with van der Waals surface area (Å²) in [4.78, 5) is 10.5. The van der Waals surface area contributed by atoms with Crippen LogP contribution in [-0.4, -0.2) is 51.8 Å². The molecule has 1 fully saturated rings. The molecule has 2 aromatic heterocycles. The van der Waals surface area contributed by atoms with Gasteiger partial charge < -0.3 is 9.47 Å². The molecule has 0 saturated carbocycles. The Balaban J connectivity index is 1.46. The Morgan fingerprint density at radius 1 is 1.07 bits per heavy atom. The molecule has 0 radical (unpaired) electrons. The van der Waals surface area contributed by atoms with Gasteiger partial charge in [-0.15, -0.1) is 0 Å². The minimum Gasteiger partial charge on any atom is -0.493 e. The first-order chi connectivity index (χ1) is 14.4. The molecule has 1 aliphatic rings. The number of hydrogen-bond donors (Lipinski definition) is 0. The molecule has 1 aromatic carbocycles. The van der Waals surface area contributed by atoms with Crippen LogP contribution in [-0.2, 0) is 12.7 Å². The van der Waals surface area contributed by atoms with Crippen molar-refractivity contribution in [3.05, 3.63) is 47.5 Å². The summed E-state index contributed by atoms with van der Waals surface area (Å²) in [5.41, 5.74) is 0.676. The maximum Gasteiger partial charge on any atom is 0.433 e. The number of ether oxygens (including phenoxy) is 2. The fourth-order valence-electron chi connectivity index (χ4n) is 3.87. The largest absolute Gasteiger partial charge is 0.493 e. The van der Waals surface area contributed by atoms with E-state index < -0.39 is 11.9 Å². The molecule has 7 nitrogen and oxygen atoms in total. The van der Waals surface area contributed by atoms with Gasteiger partial charge in [0.2, 0.25) is 0 Å². The predicted molar refractivity (Wildman–Crippen MR) is 103 cm³/mol. The summed E-state index contributed by atoms with van der Waals surface area (Å²) in [5, 5.41) is 3.65. The normalized spacial score (nSPS) is 16.2. The number of alkyl halides is 3. The summed E-state index contributed by atoms with van der Waals surface area (Å²) < 4.78 is 51.6. The topological polar surface area (TPSA) is 64.8 Å². The standard InChI is InChI=1S/C20H22F3N5O2/c1-29-16-4-3-13(9-17(16)30-2)11-27-7-5-14(6-8-27)15-10-18(20(21,22)23)28-19(26-15)24-12-25-28/h3-4,9-10,12,14H,5-8,11H2,1-2H3. The van der Waals surface area contributed by atoms with Gasteiger partial charge in [-0.05, 0) is 49.7 Å². The predicted octanol–water partition coefficient (Wildman–Crippen LogP) is 3.54. The Bertz CT molecular complexity index is 1030. The lowest BCUT2D eigenvalue weighted by atomic mass is 9.92. The molecular weight excluding hydrogens is 399 g/mol. The van der Waals surface area contributed by atoms with Crippen molar-refractivity contribution in [2.75, 3.05) is 27.3 Å². The third-order valence-corrected chi connectivity index (χ3v) is 5.42. The fourth-order valence-corrected chi connectivity index (χ4v) is 3.87. The van der Waals surface area contributed by atoms with Crippen molar-refractivity contribution in [1.29, 1.82) is 0 Å². The molecule has 1 saturated heterocycles. The highest BCUT2D eigenvalue weighted by Crippen LogP contribution is 2.34. The van der Waals surface area contributed by atoms with Crippen LogP contribution in [0.3, 0.4) is 0 Å². The van der Waals surface area contributed by atoms with Crippen LogP contribution >= 0.6 is 0 Å². The van der Waals surface area contributed by atoms with E-state index >= 15 is 0 Å². The summed E-state index contributed by atoms with van der Waals surface area (Å²) in [6.45, 7) is 2.26. The Morgan fingerprint density at radius 2 is 1.80 bits per heavy atom. The molecule has 0 bridgehead atoms. The molecule has 3 heterocycles.